The molecule has 32 heavy (non-hydrogen) atoms. The highest BCUT2D eigenvalue weighted by atomic mass is 32.1. The quantitative estimate of drug-likeness (QED) is 0.614. The lowest BCUT2D eigenvalue weighted by atomic mass is 10.1. The van der Waals surface area contributed by atoms with Gasteiger partial charge in [0.1, 0.15) is 17.6 Å². The molecule has 1 fully saturated rings. The van der Waals surface area contributed by atoms with Gasteiger partial charge < -0.3 is 19.9 Å². The summed E-state index contributed by atoms with van der Waals surface area (Å²) in [5.74, 6) is 1.16. The van der Waals surface area contributed by atoms with Gasteiger partial charge in [-0.3, -0.25) is 9.59 Å². The average molecular weight is 450 g/mol. The maximum absolute atomic E-state index is 13.0. The van der Waals surface area contributed by atoms with Crippen molar-refractivity contribution in [3.05, 3.63) is 53.3 Å². The number of benzene rings is 2. The Kier molecular flexibility index (Phi) is 5.26. The molecule has 0 aliphatic carbocycles. The number of amides is 1. The zero-order valence-corrected chi connectivity index (χ0v) is 18.5. The second kappa shape index (κ2) is 8.23. The smallest absolute Gasteiger partial charge is 0.257 e. The molecule has 2 aliphatic rings. The van der Waals surface area contributed by atoms with Crippen LogP contribution >= 0.6 is 12.2 Å². The van der Waals surface area contributed by atoms with Crippen LogP contribution in [-0.2, 0) is 4.79 Å². The normalized spacial score (nSPS) is 17.9. The van der Waals surface area contributed by atoms with Crippen molar-refractivity contribution >= 4 is 46.4 Å². The highest BCUT2D eigenvalue weighted by Crippen LogP contribution is 2.29. The lowest BCUT2D eigenvalue weighted by Gasteiger charge is -2.36. The molecule has 1 amide bonds. The second-order valence-electron chi connectivity index (χ2n) is 7.90. The molecular weight excluding hydrogens is 426 g/mol. The van der Waals surface area contributed by atoms with Crippen LogP contribution in [0.3, 0.4) is 0 Å². The zero-order chi connectivity index (χ0) is 22.2. The Hall–Kier alpha value is -3.46. The van der Waals surface area contributed by atoms with E-state index in [1.54, 1.807) is 7.11 Å². The maximum atomic E-state index is 13.0. The van der Waals surface area contributed by atoms with Crippen LogP contribution < -0.4 is 15.0 Å². The summed E-state index contributed by atoms with van der Waals surface area (Å²) >= 11 is 5.33. The number of anilines is 2. The van der Waals surface area contributed by atoms with Gasteiger partial charge in [-0.05, 0) is 36.5 Å². The molecule has 2 aromatic carbocycles. The molecule has 1 aromatic heterocycles. The number of aromatic nitrogens is 2. The van der Waals surface area contributed by atoms with Crippen molar-refractivity contribution in [2.24, 2.45) is 0 Å². The molecule has 0 saturated carbocycles. The summed E-state index contributed by atoms with van der Waals surface area (Å²) in [4.78, 5) is 34.4. The number of fused-ring (bicyclic) bond motifs is 3. The molecule has 164 valence electrons. The zero-order valence-electron chi connectivity index (χ0n) is 17.7. The van der Waals surface area contributed by atoms with Gasteiger partial charge in [0, 0.05) is 43.3 Å². The number of nitrogens with one attached hydrogen (secondary N) is 1. The third-order valence-corrected chi connectivity index (χ3v) is 6.32. The fourth-order valence-electron chi connectivity index (χ4n) is 4.33. The van der Waals surface area contributed by atoms with Crippen LogP contribution in [0.2, 0.25) is 0 Å². The summed E-state index contributed by atoms with van der Waals surface area (Å²) in [5.41, 5.74) is 1.80. The predicted octanol–water partition coefficient (Wildman–Crippen LogP) is 2.95. The van der Waals surface area contributed by atoms with E-state index in [2.05, 4.69) is 15.2 Å². The van der Waals surface area contributed by atoms with Crippen molar-refractivity contribution < 1.29 is 14.3 Å². The van der Waals surface area contributed by atoms with E-state index in [-0.39, 0.29) is 23.0 Å². The molecule has 0 bridgehead atoms. The summed E-state index contributed by atoms with van der Waals surface area (Å²) in [5, 5.41) is 4.04. The van der Waals surface area contributed by atoms with E-state index >= 15 is 0 Å². The van der Waals surface area contributed by atoms with Crippen LogP contribution in [0.5, 0.6) is 5.75 Å². The van der Waals surface area contributed by atoms with Gasteiger partial charge in [0.15, 0.2) is 0 Å². The number of ether oxygens (including phenoxy) is 1. The summed E-state index contributed by atoms with van der Waals surface area (Å²) < 4.78 is 6.93. The first-order chi connectivity index (χ1) is 15.5. The Bertz CT molecular complexity index is 1270. The number of methoxy groups -OCH3 is 1. The number of carbonyl (C=O) groups is 2. The standard InChI is InChI=1S/C23H23N5O3S/c1-31-16-6-4-5-15(13-16)26-9-11-27(12-10-26)20(29)14-19-22(30)28-21(24-19)17-7-2-3-8-18(17)25-23(28)32/h2-8,13,19,24H,9-12,14H2,1H3/t19-/m1/s1. The summed E-state index contributed by atoms with van der Waals surface area (Å²) in [6, 6.07) is 14.8. The van der Waals surface area contributed by atoms with Gasteiger partial charge in [-0.25, -0.2) is 9.55 Å². The number of para-hydroxylation sites is 1. The molecule has 0 unspecified atom stereocenters. The second-order valence-corrected chi connectivity index (χ2v) is 8.27. The highest BCUT2D eigenvalue weighted by Gasteiger charge is 2.35. The van der Waals surface area contributed by atoms with Gasteiger partial charge in [-0.15, -0.1) is 0 Å². The fourth-order valence-corrected chi connectivity index (χ4v) is 4.61. The van der Waals surface area contributed by atoms with Crippen LogP contribution in [0.15, 0.2) is 48.5 Å². The van der Waals surface area contributed by atoms with Crippen LogP contribution in [0.25, 0.3) is 10.9 Å². The first-order valence-corrected chi connectivity index (χ1v) is 11.0. The van der Waals surface area contributed by atoms with Crippen molar-refractivity contribution in [1.82, 2.24) is 14.5 Å². The SMILES string of the molecule is COc1cccc(N2CCN(C(=O)C[C@H]3Nc4c5ccccc5nc(=S)n4C3=O)CC2)c1. The highest BCUT2D eigenvalue weighted by molar-refractivity contribution is 7.71. The first-order valence-electron chi connectivity index (χ1n) is 10.5. The van der Waals surface area contributed by atoms with Crippen molar-refractivity contribution in [3.63, 3.8) is 0 Å². The van der Waals surface area contributed by atoms with Crippen LogP contribution in [0.4, 0.5) is 11.5 Å². The average Bonchev–Trinajstić information content (AvgIpc) is 3.16. The number of carbonyl (C=O) groups excluding carboxylic acids is 2. The van der Waals surface area contributed by atoms with Crippen molar-refractivity contribution in [1.29, 1.82) is 0 Å². The van der Waals surface area contributed by atoms with Crippen LogP contribution in [-0.4, -0.2) is 65.6 Å². The Labute approximate surface area is 190 Å². The molecular formula is C23H23N5O3S. The van der Waals surface area contributed by atoms with Gasteiger partial charge in [0.2, 0.25) is 10.7 Å². The van der Waals surface area contributed by atoms with Crippen molar-refractivity contribution in [2.45, 2.75) is 12.5 Å². The van der Waals surface area contributed by atoms with Crippen molar-refractivity contribution in [2.75, 3.05) is 43.5 Å². The third kappa shape index (κ3) is 3.58. The molecule has 0 spiro atoms. The third-order valence-electron chi connectivity index (χ3n) is 6.05. The number of rotatable bonds is 4. The molecule has 3 aromatic rings. The molecule has 2 aliphatic heterocycles. The topological polar surface area (TPSA) is 79.7 Å². The minimum absolute atomic E-state index is 0.0438. The van der Waals surface area contributed by atoms with E-state index in [1.165, 1.54) is 4.57 Å². The molecule has 9 heteroatoms. The molecule has 8 nitrogen and oxygen atoms in total. The summed E-state index contributed by atoms with van der Waals surface area (Å²) in [6.07, 6.45) is 0.0861. The van der Waals surface area contributed by atoms with Gasteiger partial charge in [-0.1, -0.05) is 18.2 Å². The summed E-state index contributed by atoms with van der Waals surface area (Å²) in [7, 11) is 1.65. The maximum Gasteiger partial charge on any atom is 0.257 e. The Morgan fingerprint density at radius 1 is 1.16 bits per heavy atom. The summed E-state index contributed by atoms with van der Waals surface area (Å²) in [6.45, 7) is 2.66. The largest absolute Gasteiger partial charge is 0.497 e. The molecule has 3 heterocycles. The minimum Gasteiger partial charge on any atom is -0.497 e. The monoisotopic (exact) mass is 449 g/mol. The fraction of sp³-hybridized carbons (Fsp3) is 0.304. The molecule has 1 N–H and O–H groups in total. The Morgan fingerprint density at radius 3 is 2.72 bits per heavy atom. The Morgan fingerprint density at radius 2 is 1.94 bits per heavy atom. The molecule has 1 atom stereocenters. The van der Waals surface area contributed by atoms with Gasteiger partial charge in [-0.2, -0.15) is 0 Å². The lowest BCUT2D eigenvalue weighted by molar-refractivity contribution is -0.131. The van der Waals surface area contributed by atoms with E-state index in [9.17, 15) is 9.59 Å². The lowest BCUT2D eigenvalue weighted by Crippen LogP contribution is -2.50. The number of nitrogens with zero attached hydrogens (tertiary/aromatic N) is 4. The van der Waals surface area contributed by atoms with Crippen LogP contribution in [0.1, 0.15) is 11.2 Å². The van der Waals surface area contributed by atoms with E-state index in [0.717, 1.165) is 35.4 Å². The first kappa shape index (κ1) is 20.4. The van der Waals surface area contributed by atoms with Crippen molar-refractivity contribution in [3.8, 4) is 5.75 Å². The van der Waals surface area contributed by atoms with Crippen LogP contribution in [0, 0.1) is 4.77 Å². The van der Waals surface area contributed by atoms with E-state index in [0.29, 0.717) is 18.9 Å². The Balaban J connectivity index is 1.26. The molecule has 5 rings (SSSR count). The van der Waals surface area contributed by atoms with E-state index in [4.69, 9.17) is 17.0 Å². The van der Waals surface area contributed by atoms with E-state index in [1.807, 2.05) is 53.4 Å². The minimum atomic E-state index is -0.645. The number of hydrogen-bond acceptors (Lipinski definition) is 7. The van der Waals surface area contributed by atoms with Gasteiger partial charge in [0.05, 0.1) is 19.0 Å². The van der Waals surface area contributed by atoms with Gasteiger partial charge in [0.25, 0.3) is 5.91 Å². The predicted molar refractivity (Wildman–Crippen MR) is 125 cm³/mol. The number of hydrogen-bond donors (Lipinski definition) is 1. The number of piperazine rings is 1. The van der Waals surface area contributed by atoms with E-state index < -0.39 is 6.04 Å². The van der Waals surface area contributed by atoms with Gasteiger partial charge >= 0.3 is 0 Å². The molecule has 1 saturated heterocycles. The molecule has 0 radical (unpaired) electrons.